The number of nitrogens with one attached hydrogen (secondary N) is 1. The first-order chi connectivity index (χ1) is 11.6. The maximum Gasteiger partial charge on any atom is 0.257 e. The van der Waals surface area contributed by atoms with E-state index in [1.165, 1.54) is 0 Å². The van der Waals surface area contributed by atoms with Crippen molar-refractivity contribution in [2.24, 2.45) is 7.05 Å². The molecule has 0 fully saturated rings. The second kappa shape index (κ2) is 6.61. The summed E-state index contributed by atoms with van der Waals surface area (Å²) in [5.41, 5.74) is 2.34. The van der Waals surface area contributed by atoms with Crippen LogP contribution in [0.25, 0.3) is 11.3 Å². The van der Waals surface area contributed by atoms with Crippen LogP contribution in [-0.2, 0) is 7.05 Å². The molecule has 3 aromatic rings. The molecule has 0 saturated carbocycles. The Hall–Kier alpha value is -3.03. The highest BCUT2D eigenvalue weighted by molar-refractivity contribution is 5.99. The number of benzene rings is 1. The van der Waals surface area contributed by atoms with Gasteiger partial charge in [0.25, 0.3) is 5.91 Å². The lowest BCUT2D eigenvalue weighted by Crippen LogP contribution is -2.31. The van der Waals surface area contributed by atoms with Crippen LogP contribution in [0.5, 0.6) is 0 Å². The highest BCUT2D eigenvalue weighted by Gasteiger charge is 2.23. The molecule has 0 saturated heterocycles. The highest BCUT2D eigenvalue weighted by Crippen LogP contribution is 2.24. The smallest absolute Gasteiger partial charge is 0.257 e. The van der Waals surface area contributed by atoms with Gasteiger partial charge in [-0.05, 0) is 0 Å². The van der Waals surface area contributed by atoms with Gasteiger partial charge < -0.3 is 4.90 Å². The summed E-state index contributed by atoms with van der Waals surface area (Å²) in [6, 6.07) is 9.77. The van der Waals surface area contributed by atoms with Crippen molar-refractivity contribution in [3.63, 3.8) is 0 Å². The van der Waals surface area contributed by atoms with Crippen LogP contribution in [0.3, 0.4) is 0 Å². The summed E-state index contributed by atoms with van der Waals surface area (Å²) in [7, 11) is 3.60. The Bertz CT molecular complexity index is 810. The van der Waals surface area contributed by atoms with E-state index in [4.69, 9.17) is 0 Å². The van der Waals surface area contributed by atoms with Gasteiger partial charge in [-0.25, -0.2) is 0 Å². The Balaban J connectivity index is 1.83. The molecule has 0 bridgehead atoms. The molecule has 124 valence electrons. The number of aryl methyl sites for hydroxylation is 1. The van der Waals surface area contributed by atoms with Crippen molar-refractivity contribution in [2.45, 2.75) is 12.8 Å². The predicted octanol–water partition coefficient (Wildman–Crippen LogP) is 1.48. The SMILES string of the molecule is C[C@@H](CN(C)C(=O)c1cnn(C)c1-c1ccccc1)c1nn[nH]n1. The van der Waals surface area contributed by atoms with E-state index in [0.717, 1.165) is 11.3 Å². The van der Waals surface area contributed by atoms with Crippen LogP contribution in [0.1, 0.15) is 29.0 Å². The lowest BCUT2D eigenvalue weighted by molar-refractivity contribution is 0.0788. The fraction of sp³-hybridized carbons (Fsp3) is 0.312. The van der Waals surface area contributed by atoms with Crippen molar-refractivity contribution in [3.8, 4) is 11.3 Å². The van der Waals surface area contributed by atoms with Gasteiger partial charge in [0.15, 0.2) is 5.82 Å². The molecular weight excluding hydrogens is 306 g/mol. The number of likely N-dealkylation sites (N-methyl/N-ethyl adjacent to an activating group) is 1. The average molecular weight is 325 g/mol. The molecule has 1 atom stereocenters. The standard InChI is InChI=1S/C16H19N7O/c1-11(15-18-20-21-19-15)10-22(2)16(24)13-9-17-23(3)14(13)12-7-5-4-6-8-12/h4-9,11H,10H2,1-3H3,(H,18,19,20,21)/t11-/m0/s1. The lowest BCUT2D eigenvalue weighted by Gasteiger charge is -2.20. The number of hydrogen-bond donors (Lipinski definition) is 1. The molecule has 8 nitrogen and oxygen atoms in total. The second-order valence-corrected chi connectivity index (χ2v) is 5.75. The molecule has 8 heteroatoms. The molecule has 0 aliphatic rings. The molecule has 0 spiro atoms. The monoisotopic (exact) mass is 325 g/mol. The van der Waals surface area contributed by atoms with Crippen molar-refractivity contribution in [2.75, 3.05) is 13.6 Å². The van der Waals surface area contributed by atoms with E-state index >= 15 is 0 Å². The molecule has 1 N–H and O–H groups in total. The van der Waals surface area contributed by atoms with Gasteiger partial charge >= 0.3 is 0 Å². The van der Waals surface area contributed by atoms with Crippen LogP contribution in [0.2, 0.25) is 0 Å². The highest BCUT2D eigenvalue weighted by atomic mass is 16.2. The van der Waals surface area contributed by atoms with Gasteiger partial charge in [0.05, 0.1) is 17.5 Å². The summed E-state index contributed by atoms with van der Waals surface area (Å²) in [4.78, 5) is 14.5. The van der Waals surface area contributed by atoms with Gasteiger partial charge in [-0.2, -0.15) is 10.3 Å². The largest absolute Gasteiger partial charge is 0.341 e. The third kappa shape index (κ3) is 3.03. The first-order valence-electron chi connectivity index (χ1n) is 7.64. The number of nitrogens with zero attached hydrogens (tertiary/aromatic N) is 6. The number of hydrogen-bond acceptors (Lipinski definition) is 5. The van der Waals surface area contributed by atoms with E-state index in [9.17, 15) is 4.79 Å². The number of aromatic amines is 1. The molecule has 1 aromatic carbocycles. The molecule has 24 heavy (non-hydrogen) atoms. The van der Waals surface area contributed by atoms with Crippen LogP contribution in [-0.4, -0.2) is 54.8 Å². The van der Waals surface area contributed by atoms with E-state index in [-0.39, 0.29) is 11.8 Å². The molecular formula is C16H19N7O. The normalized spacial score (nSPS) is 12.1. The molecule has 0 unspecified atom stereocenters. The van der Waals surface area contributed by atoms with Crippen LogP contribution in [0.15, 0.2) is 36.5 Å². The van der Waals surface area contributed by atoms with Crippen molar-refractivity contribution in [1.82, 2.24) is 35.3 Å². The van der Waals surface area contributed by atoms with Gasteiger partial charge in [-0.1, -0.05) is 42.5 Å². The minimum atomic E-state index is -0.0858. The number of carbonyl (C=O) groups excluding carboxylic acids is 1. The Morgan fingerprint density at radius 3 is 2.75 bits per heavy atom. The summed E-state index contributed by atoms with van der Waals surface area (Å²) < 4.78 is 1.72. The van der Waals surface area contributed by atoms with Crippen LogP contribution >= 0.6 is 0 Å². The van der Waals surface area contributed by atoms with Crippen molar-refractivity contribution >= 4 is 5.91 Å². The summed E-state index contributed by atoms with van der Waals surface area (Å²) in [6.07, 6.45) is 1.61. The third-order valence-corrected chi connectivity index (χ3v) is 3.91. The van der Waals surface area contributed by atoms with Crippen molar-refractivity contribution in [1.29, 1.82) is 0 Å². The van der Waals surface area contributed by atoms with E-state index in [1.54, 1.807) is 22.8 Å². The van der Waals surface area contributed by atoms with E-state index in [2.05, 4.69) is 25.7 Å². The Morgan fingerprint density at radius 2 is 2.08 bits per heavy atom. The Morgan fingerprint density at radius 1 is 1.33 bits per heavy atom. The topological polar surface area (TPSA) is 92.6 Å². The van der Waals surface area contributed by atoms with Gasteiger partial charge in [-0.3, -0.25) is 9.48 Å². The molecule has 3 rings (SSSR count). The zero-order chi connectivity index (χ0) is 17.1. The maximum atomic E-state index is 12.9. The van der Waals surface area contributed by atoms with Crippen LogP contribution in [0.4, 0.5) is 0 Å². The van der Waals surface area contributed by atoms with Gasteiger partial charge in [0.1, 0.15) is 0 Å². The van der Waals surface area contributed by atoms with E-state index < -0.39 is 0 Å². The first-order valence-corrected chi connectivity index (χ1v) is 7.64. The third-order valence-electron chi connectivity index (χ3n) is 3.91. The van der Waals surface area contributed by atoms with Gasteiger partial charge in [0, 0.05) is 32.1 Å². The van der Waals surface area contributed by atoms with E-state index in [1.807, 2.05) is 44.3 Å². The average Bonchev–Trinajstić information content (AvgIpc) is 3.24. The van der Waals surface area contributed by atoms with Crippen LogP contribution < -0.4 is 0 Å². The summed E-state index contributed by atoms with van der Waals surface area (Å²) >= 11 is 0. The zero-order valence-corrected chi connectivity index (χ0v) is 13.8. The second-order valence-electron chi connectivity index (χ2n) is 5.75. The fourth-order valence-corrected chi connectivity index (χ4v) is 2.69. The molecule has 0 radical (unpaired) electrons. The number of amides is 1. The molecule has 2 aromatic heterocycles. The lowest BCUT2D eigenvalue weighted by atomic mass is 10.1. The van der Waals surface area contributed by atoms with Gasteiger partial charge in [-0.15, -0.1) is 10.2 Å². The predicted molar refractivity (Wildman–Crippen MR) is 88.2 cm³/mol. The molecule has 1 amide bonds. The summed E-state index contributed by atoms with van der Waals surface area (Å²) in [6.45, 7) is 2.44. The van der Waals surface area contributed by atoms with E-state index in [0.29, 0.717) is 17.9 Å². The Kier molecular flexibility index (Phi) is 4.37. The van der Waals surface area contributed by atoms with Crippen molar-refractivity contribution < 1.29 is 4.79 Å². The fourth-order valence-electron chi connectivity index (χ4n) is 2.69. The number of rotatable bonds is 5. The first kappa shape index (κ1) is 15.9. The van der Waals surface area contributed by atoms with Crippen LogP contribution in [0, 0.1) is 0 Å². The molecule has 2 heterocycles. The van der Waals surface area contributed by atoms with Crippen molar-refractivity contribution in [3.05, 3.63) is 47.9 Å². The Labute approximate surface area is 139 Å². The molecule has 0 aliphatic heterocycles. The summed E-state index contributed by atoms with van der Waals surface area (Å²) in [5.74, 6) is 0.482. The minimum Gasteiger partial charge on any atom is -0.341 e. The minimum absolute atomic E-state index is 0.0189. The number of tetrazole rings is 1. The zero-order valence-electron chi connectivity index (χ0n) is 13.8. The number of carbonyl (C=O) groups is 1. The maximum absolute atomic E-state index is 12.9. The number of H-pyrrole nitrogens is 1. The van der Waals surface area contributed by atoms with Gasteiger partial charge in [0.2, 0.25) is 0 Å². The number of aromatic nitrogens is 6. The molecule has 0 aliphatic carbocycles. The quantitative estimate of drug-likeness (QED) is 0.767. The summed E-state index contributed by atoms with van der Waals surface area (Å²) in [5, 5.41) is 18.2.